The van der Waals surface area contributed by atoms with E-state index in [4.69, 9.17) is 27.9 Å². The van der Waals surface area contributed by atoms with Crippen LogP contribution in [0.5, 0.6) is 11.5 Å². The molecule has 7 heteroatoms. The van der Waals surface area contributed by atoms with Gasteiger partial charge in [0.15, 0.2) is 17.3 Å². The number of rotatable bonds is 5. The van der Waals surface area contributed by atoms with Crippen molar-refractivity contribution in [3.63, 3.8) is 0 Å². The van der Waals surface area contributed by atoms with Crippen molar-refractivity contribution in [1.82, 2.24) is 10.2 Å². The Kier molecular flexibility index (Phi) is 5.30. The van der Waals surface area contributed by atoms with Crippen LogP contribution in [0, 0.1) is 0 Å². The van der Waals surface area contributed by atoms with Crippen LogP contribution in [0.2, 0.25) is 10.0 Å². The molecule has 0 bridgehead atoms. The first-order valence-corrected chi connectivity index (χ1v) is 8.34. The Morgan fingerprint density at radius 1 is 1.15 bits per heavy atom. The minimum absolute atomic E-state index is 0.0878. The zero-order valence-corrected chi connectivity index (χ0v) is 15.2. The second kappa shape index (κ2) is 7.64. The molecule has 0 saturated carbocycles. The van der Waals surface area contributed by atoms with Crippen molar-refractivity contribution in [3.8, 4) is 22.8 Å². The van der Waals surface area contributed by atoms with Gasteiger partial charge in [-0.05, 0) is 48.6 Å². The molecule has 5 nitrogen and oxygen atoms in total. The second-order valence-electron chi connectivity index (χ2n) is 5.42. The van der Waals surface area contributed by atoms with Gasteiger partial charge in [-0.3, -0.25) is 9.89 Å². The van der Waals surface area contributed by atoms with Crippen LogP contribution in [0.15, 0.2) is 48.5 Å². The molecule has 0 radical (unpaired) electrons. The molecule has 1 heterocycles. The van der Waals surface area contributed by atoms with Crippen molar-refractivity contribution in [2.45, 2.75) is 0 Å². The topological polar surface area (TPSA) is 75.2 Å². The van der Waals surface area contributed by atoms with Crippen LogP contribution in [0.4, 0.5) is 0 Å². The minimum atomic E-state index is -0.256. The summed E-state index contributed by atoms with van der Waals surface area (Å²) in [6.07, 6.45) is 3.00. The fraction of sp³-hybridized carbons (Fsp3) is 0.0526. The lowest BCUT2D eigenvalue weighted by molar-refractivity contribution is 0.104. The number of hydrogen-bond donors (Lipinski definition) is 2. The van der Waals surface area contributed by atoms with E-state index in [1.54, 1.807) is 30.3 Å². The molecule has 1 aromatic heterocycles. The quantitative estimate of drug-likeness (QED) is 0.476. The number of carbonyl (C=O) groups is 1. The maximum atomic E-state index is 12.2. The zero-order valence-electron chi connectivity index (χ0n) is 13.7. The largest absolute Gasteiger partial charge is 0.504 e. The first kappa shape index (κ1) is 18.0. The van der Waals surface area contributed by atoms with Gasteiger partial charge < -0.3 is 9.84 Å². The number of hydrogen-bond acceptors (Lipinski definition) is 4. The summed E-state index contributed by atoms with van der Waals surface area (Å²) in [5, 5.41) is 17.7. The summed E-state index contributed by atoms with van der Waals surface area (Å²) in [4.78, 5) is 12.2. The summed E-state index contributed by atoms with van der Waals surface area (Å²) in [6.45, 7) is 0. The summed E-state index contributed by atoms with van der Waals surface area (Å²) in [7, 11) is 1.44. The van der Waals surface area contributed by atoms with Gasteiger partial charge in [-0.15, -0.1) is 0 Å². The molecular weight excluding hydrogens is 375 g/mol. The minimum Gasteiger partial charge on any atom is -0.504 e. The number of phenols is 1. The normalized spacial score (nSPS) is 11.0. The number of aromatic amines is 1. The Hall–Kier alpha value is -2.76. The number of nitrogens with zero attached hydrogens (tertiary/aromatic N) is 1. The average molecular weight is 389 g/mol. The van der Waals surface area contributed by atoms with Crippen molar-refractivity contribution < 1.29 is 14.6 Å². The smallest absolute Gasteiger partial charge is 0.186 e. The third-order valence-electron chi connectivity index (χ3n) is 3.69. The van der Waals surface area contributed by atoms with Gasteiger partial charge in [-0.1, -0.05) is 29.3 Å². The lowest BCUT2D eigenvalue weighted by Gasteiger charge is -2.03. The van der Waals surface area contributed by atoms with E-state index >= 15 is 0 Å². The number of aromatic nitrogens is 2. The molecule has 0 aliphatic heterocycles. The highest BCUT2D eigenvalue weighted by atomic mass is 35.5. The lowest BCUT2D eigenvalue weighted by Crippen LogP contribution is -1.94. The standard InChI is InChI=1S/C19H14Cl2N2O3/c1-26-19-7-3-12(9-18(19)25)17(24)6-4-13-10-16(23-22-13)11-2-5-14(20)15(21)8-11/h2-10,25H,1H3,(H,22,23)/b6-4+. The molecule has 0 spiro atoms. The molecule has 3 rings (SSSR count). The number of methoxy groups -OCH3 is 1. The van der Waals surface area contributed by atoms with Gasteiger partial charge in [-0.2, -0.15) is 5.10 Å². The van der Waals surface area contributed by atoms with E-state index in [1.807, 2.05) is 6.07 Å². The summed E-state index contributed by atoms with van der Waals surface area (Å²) in [5.41, 5.74) is 2.49. The molecule has 0 atom stereocenters. The van der Waals surface area contributed by atoms with Crippen molar-refractivity contribution in [2.24, 2.45) is 0 Å². The zero-order chi connectivity index (χ0) is 18.7. The summed E-state index contributed by atoms with van der Waals surface area (Å²) in [6, 6.07) is 11.5. The Balaban J connectivity index is 1.76. The Labute approximate surface area is 159 Å². The highest BCUT2D eigenvalue weighted by Gasteiger charge is 2.08. The molecular formula is C19H14Cl2N2O3. The third-order valence-corrected chi connectivity index (χ3v) is 4.43. The van der Waals surface area contributed by atoms with Crippen molar-refractivity contribution >= 4 is 35.1 Å². The number of carbonyl (C=O) groups excluding carboxylic acids is 1. The first-order valence-electron chi connectivity index (χ1n) is 7.58. The van der Waals surface area contributed by atoms with Crippen LogP contribution in [0.1, 0.15) is 16.1 Å². The van der Waals surface area contributed by atoms with E-state index < -0.39 is 0 Å². The van der Waals surface area contributed by atoms with E-state index in [0.29, 0.717) is 32.7 Å². The molecule has 0 saturated heterocycles. The van der Waals surface area contributed by atoms with Crippen LogP contribution in [0.25, 0.3) is 17.3 Å². The van der Waals surface area contributed by atoms with Crippen LogP contribution in [-0.2, 0) is 0 Å². The summed E-state index contributed by atoms with van der Waals surface area (Å²) < 4.78 is 4.96. The molecule has 132 valence electrons. The lowest BCUT2D eigenvalue weighted by atomic mass is 10.1. The van der Waals surface area contributed by atoms with E-state index in [0.717, 1.165) is 5.56 Å². The third kappa shape index (κ3) is 3.90. The first-order chi connectivity index (χ1) is 12.5. The van der Waals surface area contributed by atoms with Gasteiger partial charge >= 0.3 is 0 Å². The number of halogens is 2. The number of ketones is 1. The highest BCUT2D eigenvalue weighted by molar-refractivity contribution is 6.42. The van der Waals surface area contributed by atoms with Crippen LogP contribution in [-0.4, -0.2) is 28.2 Å². The fourth-order valence-corrected chi connectivity index (χ4v) is 2.63. The second-order valence-corrected chi connectivity index (χ2v) is 6.24. The van der Waals surface area contributed by atoms with E-state index in [-0.39, 0.29) is 11.5 Å². The SMILES string of the molecule is COc1ccc(C(=O)/C=C/c2cc(-c3ccc(Cl)c(Cl)c3)n[nH]2)cc1O. The Morgan fingerprint density at radius 3 is 2.65 bits per heavy atom. The number of benzene rings is 2. The molecule has 0 amide bonds. The highest BCUT2D eigenvalue weighted by Crippen LogP contribution is 2.28. The predicted molar refractivity (Wildman–Crippen MR) is 102 cm³/mol. The molecule has 3 aromatic rings. The maximum absolute atomic E-state index is 12.2. The average Bonchev–Trinajstić information content (AvgIpc) is 3.11. The molecule has 2 N–H and O–H groups in total. The molecule has 26 heavy (non-hydrogen) atoms. The van der Waals surface area contributed by atoms with Gasteiger partial charge in [-0.25, -0.2) is 0 Å². The number of ether oxygens (including phenoxy) is 1. The van der Waals surface area contributed by atoms with Crippen LogP contribution < -0.4 is 4.74 Å². The Bertz CT molecular complexity index is 996. The number of aromatic hydroxyl groups is 1. The number of phenolic OH excluding ortho intramolecular Hbond substituents is 1. The van der Waals surface area contributed by atoms with Crippen LogP contribution >= 0.6 is 23.2 Å². The fourth-order valence-electron chi connectivity index (χ4n) is 2.33. The van der Waals surface area contributed by atoms with Gasteiger partial charge in [0, 0.05) is 11.1 Å². The van der Waals surface area contributed by atoms with Crippen LogP contribution in [0.3, 0.4) is 0 Å². The Morgan fingerprint density at radius 2 is 1.96 bits per heavy atom. The van der Waals surface area contributed by atoms with Gasteiger partial charge in [0.1, 0.15) is 0 Å². The summed E-state index contributed by atoms with van der Waals surface area (Å²) in [5.74, 6) is -0.0331. The van der Waals surface area contributed by atoms with Gasteiger partial charge in [0.05, 0.1) is 28.5 Å². The number of H-pyrrole nitrogens is 1. The predicted octanol–water partition coefficient (Wildman–Crippen LogP) is 4.99. The molecule has 0 aliphatic carbocycles. The molecule has 0 aliphatic rings. The van der Waals surface area contributed by atoms with E-state index in [2.05, 4.69) is 10.2 Å². The number of nitrogens with one attached hydrogen (secondary N) is 1. The van der Waals surface area contributed by atoms with Crippen molar-refractivity contribution in [1.29, 1.82) is 0 Å². The van der Waals surface area contributed by atoms with E-state index in [1.165, 1.54) is 25.3 Å². The van der Waals surface area contributed by atoms with Crippen molar-refractivity contribution in [3.05, 3.63) is 69.8 Å². The van der Waals surface area contributed by atoms with E-state index in [9.17, 15) is 9.90 Å². The molecule has 0 unspecified atom stereocenters. The van der Waals surface area contributed by atoms with Crippen molar-refractivity contribution in [2.75, 3.05) is 7.11 Å². The monoisotopic (exact) mass is 388 g/mol. The maximum Gasteiger partial charge on any atom is 0.186 e. The van der Waals surface area contributed by atoms with Gasteiger partial charge in [0.25, 0.3) is 0 Å². The van der Waals surface area contributed by atoms with Gasteiger partial charge in [0.2, 0.25) is 0 Å². The molecule has 2 aromatic carbocycles. The summed E-state index contributed by atoms with van der Waals surface area (Å²) >= 11 is 11.9. The number of allylic oxidation sites excluding steroid dienone is 1. The molecule has 0 fully saturated rings.